The minimum Gasteiger partial charge on any atom is -0.398 e. The lowest BCUT2D eigenvalue weighted by Gasteiger charge is -2.09. The lowest BCUT2D eigenvalue weighted by molar-refractivity contribution is 0.628. The third-order valence-electron chi connectivity index (χ3n) is 3.36. The number of anilines is 1. The topological polar surface area (TPSA) is 43.8 Å². The molecule has 0 aliphatic rings. The Morgan fingerprint density at radius 1 is 1.20 bits per heavy atom. The molecule has 3 aromatic rings. The van der Waals surface area contributed by atoms with Crippen LogP contribution in [0.1, 0.15) is 13.3 Å². The van der Waals surface area contributed by atoms with Crippen LogP contribution in [0.3, 0.4) is 0 Å². The second-order valence-electron chi connectivity index (χ2n) is 4.81. The Morgan fingerprint density at radius 3 is 2.80 bits per heavy atom. The van der Waals surface area contributed by atoms with E-state index in [4.69, 9.17) is 5.73 Å². The highest BCUT2D eigenvalue weighted by atomic mass is 19.1. The lowest BCUT2D eigenvalue weighted by Crippen LogP contribution is -2.02. The lowest BCUT2D eigenvalue weighted by atomic mass is 10.1. The first-order valence-corrected chi connectivity index (χ1v) is 6.71. The van der Waals surface area contributed by atoms with Gasteiger partial charge in [0.1, 0.15) is 11.6 Å². The molecule has 0 fully saturated rings. The molecule has 0 saturated heterocycles. The first-order chi connectivity index (χ1) is 9.70. The van der Waals surface area contributed by atoms with E-state index in [1.54, 1.807) is 6.07 Å². The summed E-state index contributed by atoms with van der Waals surface area (Å²) in [6.07, 6.45) is 0.975. The highest BCUT2D eigenvalue weighted by molar-refractivity contribution is 5.83. The molecule has 3 nitrogen and oxygen atoms in total. The molecule has 0 unspecified atom stereocenters. The first kappa shape index (κ1) is 12.7. The summed E-state index contributed by atoms with van der Waals surface area (Å²) in [5.41, 5.74) is 9.13. The molecule has 1 aromatic heterocycles. The van der Waals surface area contributed by atoms with Gasteiger partial charge in [0.05, 0.1) is 11.0 Å². The Hall–Kier alpha value is -2.36. The number of benzene rings is 2. The fourth-order valence-electron chi connectivity index (χ4n) is 2.45. The van der Waals surface area contributed by atoms with Gasteiger partial charge in [0.25, 0.3) is 0 Å². The second-order valence-corrected chi connectivity index (χ2v) is 4.81. The number of halogens is 1. The van der Waals surface area contributed by atoms with Crippen molar-refractivity contribution in [2.24, 2.45) is 0 Å². The van der Waals surface area contributed by atoms with Crippen LogP contribution in [-0.2, 0) is 6.54 Å². The van der Waals surface area contributed by atoms with Gasteiger partial charge in [0.2, 0.25) is 0 Å². The van der Waals surface area contributed by atoms with Crippen molar-refractivity contribution in [3.05, 3.63) is 48.3 Å². The number of para-hydroxylation sites is 2. The summed E-state index contributed by atoms with van der Waals surface area (Å²) in [5, 5.41) is 0. The van der Waals surface area contributed by atoms with E-state index in [-0.39, 0.29) is 5.82 Å². The molecule has 0 amide bonds. The van der Waals surface area contributed by atoms with E-state index in [1.807, 2.05) is 24.3 Å². The zero-order chi connectivity index (χ0) is 14.1. The average Bonchev–Trinajstić information content (AvgIpc) is 2.81. The molecule has 0 bridgehead atoms. The van der Waals surface area contributed by atoms with Gasteiger partial charge in [-0.2, -0.15) is 0 Å². The molecule has 20 heavy (non-hydrogen) atoms. The number of hydrogen-bond acceptors (Lipinski definition) is 2. The molecule has 0 atom stereocenters. The summed E-state index contributed by atoms with van der Waals surface area (Å²) >= 11 is 0. The van der Waals surface area contributed by atoms with Gasteiger partial charge in [-0.15, -0.1) is 0 Å². The Morgan fingerprint density at radius 2 is 2.00 bits per heavy atom. The van der Waals surface area contributed by atoms with Crippen molar-refractivity contribution in [2.75, 3.05) is 5.73 Å². The maximum absolute atomic E-state index is 13.5. The highest BCUT2D eigenvalue weighted by Crippen LogP contribution is 2.29. The van der Waals surface area contributed by atoms with Crippen molar-refractivity contribution in [3.63, 3.8) is 0 Å². The van der Waals surface area contributed by atoms with Crippen LogP contribution in [0.4, 0.5) is 10.1 Å². The molecular weight excluding hydrogens is 253 g/mol. The van der Waals surface area contributed by atoms with Crippen LogP contribution in [0.2, 0.25) is 0 Å². The third-order valence-corrected chi connectivity index (χ3v) is 3.36. The van der Waals surface area contributed by atoms with E-state index < -0.39 is 0 Å². The molecular formula is C16H16FN3. The van der Waals surface area contributed by atoms with E-state index in [0.29, 0.717) is 11.3 Å². The normalized spacial score (nSPS) is 11.1. The number of aryl methyl sites for hydroxylation is 1. The van der Waals surface area contributed by atoms with Crippen LogP contribution in [0.25, 0.3) is 22.4 Å². The maximum Gasteiger partial charge on any atom is 0.143 e. The van der Waals surface area contributed by atoms with E-state index in [9.17, 15) is 4.39 Å². The van der Waals surface area contributed by atoms with Gasteiger partial charge in [-0.25, -0.2) is 9.37 Å². The third kappa shape index (κ3) is 2.03. The van der Waals surface area contributed by atoms with Crippen LogP contribution < -0.4 is 5.73 Å². The van der Waals surface area contributed by atoms with E-state index in [1.165, 1.54) is 12.1 Å². The smallest absolute Gasteiger partial charge is 0.143 e. The first-order valence-electron chi connectivity index (χ1n) is 6.71. The fourth-order valence-corrected chi connectivity index (χ4v) is 2.45. The Kier molecular flexibility index (Phi) is 3.14. The van der Waals surface area contributed by atoms with Gasteiger partial charge < -0.3 is 10.3 Å². The largest absolute Gasteiger partial charge is 0.398 e. The number of imidazole rings is 1. The fraction of sp³-hybridized carbons (Fsp3) is 0.188. The second kappa shape index (κ2) is 4.96. The van der Waals surface area contributed by atoms with Crippen LogP contribution in [0.5, 0.6) is 0 Å². The zero-order valence-electron chi connectivity index (χ0n) is 11.3. The predicted molar refractivity (Wildman–Crippen MR) is 79.8 cm³/mol. The van der Waals surface area contributed by atoms with Gasteiger partial charge >= 0.3 is 0 Å². The minimum atomic E-state index is -0.302. The Balaban J connectivity index is 2.29. The average molecular weight is 269 g/mol. The summed E-state index contributed by atoms with van der Waals surface area (Å²) < 4.78 is 15.6. The summed E-state index contributed by atoms with van der Waals surface area (Å²) in [6, 6.07) is 12.3. The molecule has 2 aromatic carbocycles. The minimum absolute atomic E-state index is 0.302. The van der Waals surface area contributed by atoms with Crippen molar-refractivity contribution in [1.29, 1.82) is 0 Å². The summed E-state index contributed by atoms with van der Waals surface area (Å²) in [7, 11) is 0. The van der Waals surface area contributed by atoms with Crippen molar-refractivity contribution in [2.45, 2.75) is 19.9 Å². The highest BCUT2D eigenvalue weighted by Gasteiger charge is 2.14. The van der Waals surface area contributed by atoms with Crippen molar-refractivity contribution >= 4 is 16.7 Å². The number of nitrogens with two attached hydrogens (primary N) is 1. The van der Waals surface area contributed by atoms with Gasteiger partial charge in [0, 0.05) is 17.8 Å². The number of fused-ring (bicyclic) bond motifs is 1. The van der Waals surface area contributed by atoms with Crippen molar-refractivity contribution in [3.8, 4) is 11.4 Å². The SMILES string of the molecule is CCCn1c(-c2cc(F)ccc2N)nc2ccccc21. The molecule has 2 N–H and O–H groups in total. The maximum atomic E-state index is 13.5. The monoisotopic (exact) mass is 269 g/mol. The molecule has 102 valence electrons. The summed E-state index contributed by atoms with van der Waals surface area (Å²) in [4.78, 5) is 4.62. The van der Waals surface area contributed by atoms with Gasteiger partial charge in [0.15, 0.2) is 0 Å². The van der Waals surface area contributed by atoms with Gasteiger partial charge in [-0.1, -0.05) is 19.1 Å². The van der Waals surface area contributed by atoms with Crippen LogP contribution in [0.15, 0.2) is 42.5 Å². The molecule has 0 aliphatic heterocycles. The van der Waals surface area contributed by atoms with E-state index >= 15 is 0 Å². The number of rotatable bonds is 3. The summed E-state index contributed by atoms with van der Waals surface area (Å²) in [6.45, 7) is 2.93. The van der Waals surface area contributed by atoms with Crippen LogP contribution in [-0.4, -0.2) is 9.55 Å². The number of aromatic nitrogens is 2. The molecule has 0 saturated carbocycles. The molecule has 0 aliphatic carbocycles. The molecule has 0 radical (unpaired) electrons. The standard InChI is InChI=1S/C16H16FN3/c1-2-9-20-15-6-4-3-5-14(15)19-16(20)12-10-11(17)7-8-13(12)18/h3-8,10H,2,9,18H2,1H3. The van der Waals surface area contributed by atoms with Crippen molar-refractivity contribution < 1.29 is 4.39 Å². The van der Waals surface area contributed by atoms with Crippen molar-refractivity contribution in [1.82, 2.24) is 9.55 Å². The zero-order valence-corrected chi connectivity index (χ0v) is 11.3. The van der Waals surface area contributed by atoms with Crippen LogP contribution >= 0.6 is 0 Å². The van der Waals surface area contributed by atoms with Gasteiger partial charge in [-0.05, 0) is 36.8 Å². The molecule has 4 heteroatoms. The molecule has 0 spiro atoms. The predicted octanol–water partition coefficient (Wildman–Crippen LogP) is 3.83. The quantitative estimate of drug-likeness (QED) is 0.734. The Bertz CT molecular complexity index is 762. The number of hydrogen-bond donors (Lipinski definition) is 1. The molecule has 3 rings (SSSR count). The van der Waals surface area contributed by atoms with Gasteiger partial charge in [-0.3, -0.25) is 0 Å². The number of nitrogens with zero attached hydrogens (tertiary/aromatic N) is 2. The summed E-state index contributed by atoms with van der Waals surface area (Å²) in [5.74, 6) is 0.425. The van der Waals surface area contributed by atoms with E-state index in [0.717, 1.165) is 29.8 Å². The molecule has 1 heterocycles. The van der Waals surface area contributed by atoms with E-state index in [2.05, 4.69) is 16.5 Å². The number of nitrogen functional groups attached to an aromatic ring is 1. The Labute approximate surface area is 116 Å². The van der Waals surface area contributed by atoms with Crippen LogP contribution in [0, 0.1) is 5.82 Å².